The molecule has 2 aromatic rings. The molecule has 0 amide bonds. The Bertz CT molecular complexity index is 822. The second-order valence-corrected chi connectivity index (χ2v) is 7.03. The summed E-state index contributed by atoms with van der Waals surface area (Å²) in [4.78, 5) is 0. The van der Waals surface area contributed by atoms with Gasteiger partial charge in [0.25, 0.3) is 0 Å². The van der Waals surface area contributed by atoms with E-state index in [0.717, 1.165) is 30.0 Å². The standard InChI is InChI=1S/C21H22N2O2/c1-24-16-10-8-15(9-11-16)18-14-19-17-6-2-3-7-20(17)25-21(23(19)22-18)12-4-5-13-21/h2-3,6-11,14,19,22H,4-5,12-13H2,1H3/t19-/m0/s1. The first-order chi connectivity index (χ1) is 12.3. The second kappa shape index (κ2) is 5.53. The maximum absolute atomic E-state index is 6.53. The van der Waals surface area contributed by atoms with Crippen molar-refractivity contribution in [1.82, 2.24) is 10.4 Å². The third-order valence-corrected chi connectivity index (χ3v) is 5.61. The van der Waals surface area contributed by atoms with Gasteiger partial charge in [-0.05, 0) is 54.8 Å². The minimum atomic E-state index is -0.232. The first kappa shape index (κ1) is 14.8. The molecule has 1 fully saturated rings. The van der Waals surface area contributed by atoms with Crippen molar-refractivity contribution in [2.24, 2.45) is 0 Å². The molecule has 2 aromatic carbocycles. The molecule has 5 rings (SSSR count). The number of fused-ring (bicyclic) bond motifs is 4. The number of rotatable bonds is 2. The monoisotopic (exact) mass is 334 g/mol. The number of hydrogen-bond acceptors (Lipinski definition) is 4. The third kappa shape index (κ3) is 2.24. The summed E-state index contributed by atoms with van der Waals surface area (Å²) in [6, 6.07) is 16.8. The summed E-state index contributed by atoms with van der Waals surface area (Å²) in [7, 11) is 1.69. The van der Waals surface area contributed by atoms with Crippen LogP contribution in [-0.4, -0.2) is 17.8 Å². The maximum atomic E-state index is 6.53. The molecule has 2 heterocycles. The largest absolute Gasteiger partial charge is 0.497 e. The average molecular weight is 334 g/mol. The first-order valence-corrected chi connectivity index (χ1v) is 8.99. The Morgan fingerprint density at radius 2 is 1.84 bits per heavy atom. The van der Waals surface area contributed by atoms with Crippen LogP contribution in [0, 0.1) is 0 Å². The van der Waals surface area contributed by atoms with Gasteiger partial charge in [-0.2, -0.15) is 5.01 Å². The summed E-state index contributed by atoms with van der Waals surface area (Å²) in [6.45, 7) is 0. The SMILES string of the molecule is COc1ccc(C2=C[C@H]3c4ccccc4OC4(CCCC4)N3N2)cc1. The molecule has 0 aromatic heterocycles. The van der Waals surface area contributed by atoms with E-state index in [1.54, 1.807) is 7.11 Å². The summed E-state index contributed by atoms with van der Waals surface area (Å²) in [5.41, 5.74) is 6.95. The Hall–Kier alpha value is -2.46. The van der Waals surface area contributed by atoms with Crippen molar-refractivity contribution in [3.05, 3.63) is 65.7 Å². The fourth-order valence-electron chi connectivity index (χ4n) is 4.33. The van der Waals surface area contributed by atoms with Crippen LogP contribution in [0.3, 0.4) is 0 Å². The minimum Gasteiger partial charge on any atom is -0.497 e. The molecule has 4 heteroatoms. The van der Waals surface area contributed by atoms with Crippen LogP contribution >= 0.6 is 0 Å². The highest BCUT2D eigenvalue weighted by atomic mass is 16.5. The molecule has 0 saturated heterocycles. The fraction of sp³-hybridized carbons (Fsp3) is 0.333. The van der Waals surface area contributed by atoms with Gasteiger partial charge in [-0.1, -0.05) is 18.2 Å². The Morgan fingerprint density at radius 1 is 1.08 bits per heavy atom. The smallest absolute Gasteiger partial charge is 0.180 e. The number of benzene rings is 2. The summed E-state index contributed by atoms with van der Waals surface area (Å²) >= 11 is 0. The first-order valence-electron chi connectivity index (χ1n) is 8.99. The zero-order valence-corrected chi connectivity index (χ0v) is 14.4. The predicted octanol–water partition coefficient (Wildman–Crippen LogP) is 4.26. The molecule has 1 aliphatic carbocycles. The lowest BCUT2D eigenvalue weighted by Crippen LogP contribution is -2.58. The summed E-state index contributed by atoms with van der Waals surface area (Å²) < 4.78 is 11.8. The highest BCUT2D eigenvalue weighted by Gasteiger charge is 2.51. The van der Waals surface area contributed by atoms with E-state index in [4.69, 9.17) is 9.47 Å². The van der Waals surface area contributed by atoms with Crippen molar-refractivity contribution in [1.29, 1.82) is 0 Å². The van der Waals surface area contributed by atoms with Crippen LogP contribution in [0.5, 0.6) is 11.5 Å². The van der Waals surface area contributed by atoms with Crippen molar-refractivity contribution in [3.63, 3.8) is 0 Å². The molecule has 1 atom stereocenters. The van der Waals surface area contributed by atoms with Crippen molar-refractivity contribution in [2.45, 2.75) is 37.5 Å². The van der Waals surface area contributed by atoms with Crippen LogP contribution in [-0.2, 0) is 0 Å². The molecule has 0 unspecified atom stereocenters. The highest BCUT2D eigenvalue weighted by molar-refractivity contribution is 5.68. The zero-order chi connectivity index (χ0) is 16.9. The van der Waals surface area contributed by atoms with Crippen LogP contribution in [0.25, 0.3) is 5.70 Å². The fourth-order valence-corrected chi connectivity index (χ4v) is 4.33. The van der Waals surface area contributed by atoms with E-state index in [2.05, 4.69) is 52.9 Å². The lowest BCUT2D eigenvalue weighted by molar-refractivity contribution is -0.125. The Balaban J connectivity index is 1.56. The topological polar surface area (TPSA) is 33.7 Å². The predicted molar refractivity (Wildman–Crippen MR) is 97.0 cm³/mol. The van der Waals surface area contributed by atoms with Gasteiger partial charge in [0.1, 0.15) is 11.5 Å². The van der Waals surface area contributed by atoms with E-state index in [1.807, 2.05) is 12.1 Å². The summed E-state index contributed by atoms with van der Waals surface area (Å²) in [5, 5.41) is 2.34. The van der Waals surface area contributed by atoms with E-state index in [9.17, 15) is 0 Å². The molecule has 3 aliphatic rings. The van der Waals surface area contributed by atoms with Crippen LogP contribution in [0.2, 0.25) is 0 Å². The van der Waals surface area contributed by atoms with Crippen molar-refractivity contribution < 1.29 is 9.47 Å². The van der Waals surface area contributed by atoms with Crippen molar-refractivity contribution in [2.75, 3.05) is 7.11 Å². The molecule has 0 radical (unpaired) electrons. The van der Waals surface area contributed by atoms with Gasteiger partial charge in [-0.15, -0.1) is 0 Å². The van der Waals surface area contributed by atoms with Gasteiger partial charge < -0.3 is 14.9 Å². The van der Waals surface area contributed by atoms with E-state index in [0.29, 0.717) is 0 Å². The van der Waals surface area contributed by atoms with Gasteiger partial charge in [-0.3, -0.25) is 0 Å². The quantitative estimate of drug-likeness (QED) is 0.890. The van der Waals surface area contributed by atoms with E-state index < -0.39 is 0 Å². The molecule has 2 aliphatic heterocycles. The Labute approximate surface area is 148 Å². The highest BCUT2D eigenvalue weighted by Crippen LogP contribution is 2.50. The normalized spacial score (nSPS) is 23.4. The van der Waals surface area contributed by atoms with Crippen LogP contribution in [0.15, 0.2) is 54.6 Å². The van der Waals surface area contributed by atoms with Gasteiger partial charge in [0.15, 0.2) is 5.72 Å². The zero-order valence-electron chi connectivity index (χ0n) is 14.4. The summed E-state index contributed by atoms with van der Waals surface area (Å²) in [5.74, 6) is 1.90. The molecule has 0 bridgehead atoms. The number of methoxy groups -OCH3 is 1. The van der Waals surface area contributed by atoms with Gasteiger partial charge in [0.2, 0.25) is 0 Å². The average Bonchev–Trinajstić information content (AvgIpc) is 3.30. The second-order valence-electron chi connectivity index (χ2n) is 7.03. The number of nitrogens with zero attached hydrogens (tertiary/aromatic N) is 1. The van der Waals surface area contributed by atoms with Gasteiger partial charge in [0, 0.05) is 18.4 Å². The van der Waals surface area contributed by atoms with E-state index >= 15 is 0 Å². The molecule has 1 saturated carbocycles. The molecular formula is C21H22N2O2. The maximum Gasteiger partial charge on any atom is 0.180 e. The molecular weight excluding hydrogens is 312 g/mol. The minimum absolute atomic E-state index is 0.208. The number of nitrogens with one attached hydrogen (secondary N) is 1. The molecule has 4 nitrogen and oxygen atoms in total. The van der Waals surface area contributed by atoms with Crippen LogP contribution < -0.4 is 14.9 Å². The van der Waals surface area contributed by atoms with Crippen LogP contribution in [0.1, 0.15) is 42.9 Å². The third-order valence-electron chi connectivity index (χ3n) is 5.61. The van der Waals surface area contributed by atoms with Gasteiger partial charge in [0.05, 0.1) is 18.8 Å². The number of hydrogen-bond donors (Lipinski definition) is 1. The van der Waals surface area contributed by atoms with E-state index in [-0.39, 0.29) is 11.8 Å². The number of para-hydroxylation sites is 1. The summed E-state index contributed by atoms with van der Waals surface area (Å²) in [6.07, 6.45) is 6.88. The molecule has 128 valence electrons. The van der Waals surface area contributed by atoms with Crippen molar-refractivity contribution >= 4 is 5.70 Å². The lowest BCUT2D eigenvalue weighted by atomic mass is 9.98. The molecule has 1 N–H and O–H groups in total. The lowest BCUT2D eigenvalue weighted by Gasteiger charge is -2.46. The van der Waals surface area contributed by atoms with Crippen molar-refractivity contribution in [3.8, 4) is 11.5 Å². The van der Waals surface area contributed by atoms with Gasteiger partial charge in [-0.25, -0.2) is 0 Å². The van der Waals surface area contributed by atoms with Gasteiger partial charge >= 0.3 is 0 Å². The Morgan fingerprint density at radius 3 is 2.60 bits per heavy atom. The van der Waals surface area contributed by atoms with E-state index in [1.165, 1.54) is 24.0 Å². The number of ether oxygens (including phenoxy) is 2. The molecule has 1 spiro atoms. The number of hydrazine groups is 1. The van der Waals surface area contributed by atoms with Crippen LogP contribution in [0.4, 0.5) is 0 Å². The Kier molecular flexibility index (Phi) is 3.28. The molecule has 25 heavy (non-hydrogen) atoms.